The molecule has 5 aliphatic rings. The normalized spacial score (nSPS) is 25.3. The highest BCUT2D eigenvalue weighted by atomic mass is 16.7. The van der Waals surface area contributed by atoms with E-state index in [9.17, 15) is 29.4 Å². The van der Waals surface area contributed by atoms with Gasteiger partial charge in [0.1, 0.15) is 40.3 Å². The van der Waals surface area contributed by atoms with E-state index in [-0.39, 0.29) is 91.5 Å². The molecule has 4 heterocycles. The Kier molecular flexibility index (Phi) is 11.9. The van der Waals surface area contributed by atoms with Crippen LogP contribution in [0.1, 0.15) is 82.1 Å². The lowest BCUT2D eigenvalue weighted by Crippen LogP contribution is -2.39. The van der Waals surface area contributed by atoms with E-state index in [2.05, 4.69) is 23.1 Å². The first-order valence-corrected chi connectivity index (χ1v) is 20.3. The molecule has 5 N–H and O–H groups in total. The summed E-state index contributed by atoms with van der Waals surface area (Å²) in [5.74, 6) is -0.382. The molecule has 2 aromatic rings. The lowest BCUT2D eigenvalue weighted by atomic mass is 9.86. The second kappa shape index (κ2) is 17.1. The Bertz CT molecular complexity index is 2540. The number of carbonyl (C=O) groups is 3. The Hall–Kier alpha value is -6.33. The van der Waals surface area contributed by atoms with Crippen molar-refractivity contribution in [2.75, 3.05) is 23.3 Å². The molecule has 14 nitrogen and oxygen atoms in total. The third kappa shape index (κ3) is 8.01. The summed E-state index contributed by atoms with van der Waals surface area (Å²) >= 11 is 0. The standard InChI is InChI=1S/C46H50N4O10/c1-7-28-15-10-20-57-46-41(55)35-33-34(39(53)26(5)43(35)60-46)40(54)38(49-45(56)25(4)14-9-12-23(2)11-8-13-24(3)42(28)58-27(6)51)44-37(33)48-36-31(52)21-30(22-32(36)59-44)50-18-16-29(47)17-19-50/h1,9-10,12,14,20-24,28-29,42,46,52-53H,8,11,13,15-19,47H2,2-6H3,(H,49,56)/b12-9+,20-10+,25-14-/t23-,24-,28-,42+,46+/m1/s1. The van der Waals surface area contributed by atoms with E-state index in [4.69, 9.17) is 35.8 Å². The van der Waals surface area contributed by atoms with Crippen LogP contribution in [0.15, 0.2) is 57.5 Å². The number of terminal acetylenes is 1. The smallest absolute Gasteiger partial charge is 0.304 e. The van der Waals surface area contributed by atoms with Crippen LogP contribution in [0.25, 0.3) is 33.3 Å². The fraction of sp³-hybridized carbons (Fsp3) is 0.413. The highest BCUT2D eigenvalue weighted by Crippen LogP contribution is 2.49. The number of carbonyl (C=O) groups excluding carboxylic acids is 3. The number of phenolic OH excluding ortho intramolecular Hbond substituents is 2. The average Bonchev–Trinajstić information content (AvgIpc) is 3.54. The van der Waals surface area contributed by atoms with Crippen LogP contribution in [0.5, 0.6) is 17.2 Å². The van der Waals surface area contributed by atoms with Gasteiger partial charge in [-0.3, -0.25) is 19.2 Å². The number of nitrogens with two attached hydrogens (primary N) is 1. The van der Waals surface area contributed by atoms with Crippen LogP contribution in [-0.4, -0.2) is 64.4 Å². The van der Waals surface area contributed by atoms with Gasteiger partial charge in [-0.2, -0.15) is 0 Å². The molecule has 7 rings (SSSR count). The molecule has 1 amide bonds. The zero-order chi connectivity index (χ0) is 43.0. The molecule has 1 saturated heterocycles. The number of anilines is 2. The maximum atomic E-state index is 14.6. The molecular weight excluding hydrogens is 769 g/mol. The molecule has 4 bridgehead atoms. The fourth-order valence-corrected chi connectivity index (χ4v) is 8.27. The number of fused-ring (bicyclic) bond motifs is 2. The van der Waals surface area contributed by atoms with Gasteiger partial charge in [-0.05, 0) is 63.9 Å². The van der Waals surface area contributed by atoms with Crippen molar-refractivity contribution in [2.45, 2.75) is 91.6 Å². The van der Waals surface area contributed by atoms with Crippen molar-refractivity contribution in [1.29, 1.82) is 0 Å². The molecule has 0 radical (unpaired) electrons. The van der Waals surface area contributed by atoms with Crippen molar-refractivity contribution in [2.24, 2.45) is 23.5 Å². The lowest BCUT2D eigenvalue weighted by molar-refractivity contribution is -0.151. The number of aromatic hydroxyl groups is 2. The monoisotopic (exact) mass is 818 g/mol. The Morgan fingerprint density at radius 2 is 1.83 bits per heavy atom. The van der Waals surface area contributed by atoms with Crippen molar-refractivity contribution in [3.63, 3.8) is 0 Å². The van der Waals surface area contributed by atoms with Crippen molar-refractivity contribution in [1.82, 2.24) is 4.98 Å². The molecule has 0 spiro atoms. The molecule has 14 heteroatoms. The zero-order valence-corrected chi connectivity index (χ0v) is 34.4. The predicted octanol–water partition coefficient (Wildman–Crippen LogP) is 6.99. The molecular formula is C46H50N4O10. The number of aromatic nitrogens is 1. The van der Waals surface area contributed by atoms with Crippen molar-refractivity contribution >= 4 is 50.9 Å². The predicted molar refractivity (Wildman–Crippen MR) is 227 cm³/mol. The number of ether oxygens (including phenoxy) is 3. The summed E-state index contributed by atoms with van der Waals surface area (Å²) in [6, 6.07) is 3.32. The number of benzene rings is 3. The summed E-state index contributed by atoms with van der Waals surface area (Å²) in [6.07, 6.45) is 16.3. The second-order valence-corrected chi connectivity index (χ2v) is 16.1. The Morgan fingerprint density at radius 1 is 1.08 bits per heavy atom. The summed E-state index contributed by atoms with van der Waals surface area (Å²) in [5.41, 5.74) is 5.92. The molecule has 5 atom stereocenters. The zero-order valence-electron chi connectivity index (χ0n) is 34.4. The van der Waals surface area contributed by atoms with Gasteiger partial charge >= 0.3 is 12.3 Å². The number of esters is 1. The van der Waals surface area contributed by atoms with E-state index in [0.29, 0.717) is 18.8 Å². The van der Waals surface area contributed by atoms with Gasteiger partial charge in [0.05, 0.1) is 23.1 Å². The first-order chi connectivity index (χ1) is 28.7. The van der Waals surface area contributed by atoms with E-state index in [0.717, 1.165) is 32.1 Å². The average molecular weight is 819 g/mol. The maximum Gasteiger partial charge on any atom is 0.304 e. The first kappa shape index (κ1) is 41.8. The highest BCUT2D eigenvalue weighted by molar-refractivity contribution is 6.21. The van der Waals surface area contributed by atoms with Crippen LogP contribution in [-0.2, 0) is 19.1 Å². The summed E-state index contributed by atoms with van der Waals surface area (Å²) in [7, 11) is 0. The number of nitrogens with one attached hydrogen (secondary N) is 1. The number of rotatable bonds is 2. The minimum atomic E-state index is -1.53. The minimum absolute atomic E-state index is 0.0148. The number of hydrogen-bond acceptors (Lipinski definition) is 13. The van der Waals surface area contributed by atoms with Crippen LogP contribution < -0.4 is 26.1 Å². The van der Waals surface area contributed by atoms with Gasteiger partial charge in [0, 0.05) is 60.4 Å². The second-order valence-electron chi connectivity index (χ2n) is 16.1. The Balaban J connectivity index is 1.40. The molecule has 4 aliphatic heterocycles. The van der Waals surface area contributed by atoms with Gasteiger partial charge in [-0.1, -0.05) is 44.4 Å². The number of phenols is 2. The number of hydrogen-bond donors (Lipinski definition) is 4. The number of nitrogens with zero attached hydrogens (tertiary/aromatic N) is 2. The number of allylic oxidation sites excluding steroid dienone is 4. The van der Waals surface area contributed by atoms with Crippen LogP contribution in [0, 0.1) is 37.0 Å². The number of amides is 1. The fourth-order valence-electron chi connectivity index (χ4n) is 8.27. The van der Waals surface area contributed by atoms with Gasteiger partial charge < -0.3 is 44.8 Å². The minimum Gasteiger partial charge on any atom is -0.507 e. The van der Waals surface area contributed by atoms with E-state index in [1.165, 1.54) is 20.1 Å². The van der Waals surface area contributed by atoms with Crippen LogP contribution in [0.2, 0.25) is 0 Å². The van der Waals surface area contributed by atoms with Gasteiger partial charge in [-0.15, -0.1) is 6.42 Å². The van der Waals surface area contributed by atoms with E-state index >= 15 is 0 Å². The third-order valence-corrected chi connectivity index (χ3v) is 11.7. The maximum absolute atomic E-state index is 14.6. The van der Waals surface area contributed by atoms with Crippen LogP contribution in [0.3, 0.4) is 0 Å². The molecule has 314 valence electrons. The largest absolute Gasteiger partial charge is 0.507 e. The van der Waals surface area contributed by atoms with Gasteiger partial charge in [0.15, 0.2) is 11.3 Å². The summed E-state index contributed by atoms with van der Waals surface area (Å²) in [4.78, 5) is 61.7. The van der Waals surface area contributed by atoms with E-state index < -0.39 is 47.1 Å². The number of Topliss-reactive ketones (excluding diaryl/α,β-unsaturated/α-hetero) is 1. The third-order valence-electron chi connectivity index (χ3n) is 11.7. The van der Waals surface area contributed by atoms with Gasteiger partial charge in [-0.25, -0.2) is 4.98 Å². The molecule has 2 aromatic carbocycles. The Morgan fingerprint density at radius 3 is 2.55 bits per heavy atom. The van der Waals surface area contributed by atoms with E-state index in [1.807, 2.05) is 13.0 Å². The quantitative estimate of drug-likeness (QED) is 0.0698. The SMILES string of the molecule is C#C[C@@H]1C/C=C/O[C@H]2Oc3c(C)c(O)c4c(=O)c(c5oc6cc(N7CCC(N)CC7)cc(O)c6nc-5c4c3C2=O)NC(=O)/C(C)=C\C=C\[C@H](C)CCC[C@@H](C)[C@@H]1OC(C)=O. The highest BCUT2D eigenvalue weighted by Gasteiger charge is 2.42. The molecule has 0 unspecified atom stereocenters. The number of ketones is 1. The van der Waals surface area contributed by atoms with E-state index in [1.54, 1.807) is 37.3 Å². The lowest BCUT2D eigenvalue weighted by Gasteiger charge is -2.32. The Labute approximate surface area is 347 Å². The summed E-state index contributed by atoms with van der Waals surface area (Å²) < 4.78 is 24.0. The first-order valence-electron chi connectivity index (χ1n) is 20.3. The molecule has 0 aromatic heterocycles. The summed E-state index contributed by atoms with van der Waals surface area (Å²) in [6.45, 7) is 9.77. The number of piperidine rings is 1. The molecule has 1 fully saturated rings. The molecule has 1 aliphatic carbocycles. The van der Waals surface area contributed by atoms with Gasteiger partial charge in [0.25, 0.3) is 5.91 Å². The molecule has 0 saturated carbocycles. The van der Waals surface area contributed by atoms with Crippen molar-refractivity contribution < 1.29 is 43.2 Å². The van der Waals surface area contributed by atoms with Crippen LogP contribution in [0.4, 0.5) is 11.4 Å². The molecule has 60 heavy (non-hydrogen) atoms. The van der Waals surface area contributed by atoms with Crippen molar-refractivity contribution in [3.8, 4) is 41.0 Å². The topological polar surface area (TPSA) is 204 Å². The van der Waals surface area contributed by atoms with Crippen molar-refractivity contribution in [3.05, 3.63) is 69.6 Å². The summed E-state index contributed by atoms with van der Waals surface area (Å²) in [5, 5.41) is 25.4. The van der Waals surface area contributed by atoms with Crippen LogP contribution >= 0.6 is 0 Å². The van der Waals surface area contributed by atoms with Gasteiger partial charge in [0.2, 0.25) is 11.2 Å².